The third-order valence-electron chi connectivity index (χ3n) is 7.15. The summed E-state index contributed by atoms with van der Waals surface area (Å²) in [5, 5.41) is 4.26. The van der Waals surface area contributed by atoms with E-state index in [1.165, 1.54) is 44.1 Å². The van der Waals surface area contributed by atoms with Crippen molar-refractivity contribution in [3.63, 3.8) is 0 Å². The zero-order valence-corrected chi connectivity index (χ0v) is 20.9. The number of benzene rings is 2. The van der Waals surface area contributed by atoms with Crippen LogP contribution in [0, 0.1) is 18.8 Å². The first kappa shape index (κ1) is 24.2. The molecule has 5 heteroatoms. The van der Waals surface area contributed by atoms with Crippen molar-refractivity contribution >= 4 is 22.6 Å². The van der Waals surface area contributed by atoms with Gasteiger partial charge in [-0.15, -0.1) is 0 Å². The zero-order valence-electron chi connectivity index (χ0n) is 20.9. The Labute approximate surface area is 204 Å². The molecule has 3 aromatic rings. The second-order valence-electron chi connectivity index (χ2n) is 10.1. The van der Waals surface area contributed by atoms with Crippen LogP contribution in [-0.2, 0) is 6.42 Å². The summed E-state index contributed by atoms with van der Waals surface area (Å²) in [5.74, 6) is 3.44. The van der Waals surface area contributed by atoms with Gasteiger partial charge in [0.2, 0.25) is 0 Å². The van der Waals surface area contributed by atoms with Crippen LogP contribution in [0.3, 0.4) is 0 Å². The van der Waals surface area contributed by atoms with Crippen LogP contribution in [0.15, 0.2) is 48.5 Å². The van der Waals surface area contributed by atoms with Crippen LogP contribution in [0.1, 0.15) is 66.7 Å². The predicted octanol–water partition coefficient (Wildman–Crippen LogP) is 5.95. The number of hydrogen-bond acceptors (Lipinski definition) is 4. The Morgan fingerprint density at radius 1 is 0.941 bits per heavy atom. The quantitative estimate of drug-likeness (QED) is 0.402. The first-order chi connectivity index (χ1) is 16.5. The number of fused-ring (bicyclic) bond motifs is 1. The number of para-hydroxylation sites is 1. The minimum atomic E-state index is 0.0513. The van der Waals surface area contributed by atoms with Gasteiger partial charge in [0.25, 0.3) is 5.91 Å². The summed E-state index contributed by atoms with van der Waals surface area (Å²) in [6, 6.07) is 16.1. The first-order valence-electron chi connectivity index (χ1n) is 12.8. The fourth-order valence-corrected chi connectivity index (χ4v) is 5.04. The molecule has 1 amide bonds. The lowest BCUT2D eigenvalue weighted by molar-refractivity contribution is 0.0941. The van der Waals surface area contributed by atoms with Gasteiger partial charge in [-0.3, -0.25) is 4.79 Å². The summed E-state index contributed by atoms with van der Waals surface area (Å²) in [6.07, 6.45) is 9.59. The maximum Gasteiger partial charge on any atom is 0.251 e. The molecule has 0 atom stereocenters. The van der Waals surface area contributed by atoms with Crippen LogP contribution in [0.2, 0.25) is 0 Å². The summed E-state index contributed by atoms with van der Waals surface area (Å²) in [5.41, 5.74) is 2.97. The van der Waals surface area contributed by atoms with Gasteiger partial charge < -0.3 is 10.2 Å². The molecule has 1 saturated carbocycles. The Balaban J connectivity index is 1.17. The summed E-state index contributed by atoms with van der Waals surface area (Å²) in [6.45, 7) is 2.84. The Morgan fingerprint density at radius 2 is 1.65 bits per heavy atom. The molecule has 0 aliphatic heterocycles. The maximum atomic E-state index is 12.4. The highest BCUT2D eigenvalue weighted by molar-refractivity contribution is 5.94. The Morgan fingerprint density at radius 3 is 2.38 bits per heavy atom. The van der Waals surface area contributed by atoms with Crippen molar-refractivity contribution < 1.29 is 4.79 Å². The molecule has 1 aliphatic carbocycles. The van der Waals surface area contributed by atoms with E-state index in [1.54, 1.807) is 0 Å². The van der Waals surface area contributed by atoms with Gasteiger partial charge in [0.1, 0.15) is 11.6 Å². The van der Waals surface area contributed by atoms with Crippen LogP contribution >= 0.6 is 0 Å². The van der Waals surface area contributed by atoms with Crippen LogP contribution in [-0.4, -0.2) is 36.5 Å². The molecular formula is C29H38N4O. The van der Waals surface area contributed by atoms with Gasteiger partial charge in [-0.1, -0.05) is 55.5 Å². The van der Waals surface area contributed by atoms with E-state index in [9.17, 15) is 4.79 Å². The molecular weight excluding hydrogens is 420 g/mol. The average molecular weight is 459 g/mol. The second-order valence-corrected chi connectivity index (χ2v) is 10.1. The van der Waals surface area contributed by atoms with Gasteiger partial charge in [0.05, 0.1) is 5.52 Å². The number of rotatable bonds is 9. The minimum Gasteiger partial charge on any atom is -0.362 e. The molecule has 0 radical (unpaired) electrons. The number of aromatic nitrogens is 2. The molecule has 0 unspecified atom stereocenters. The molecule has 0 bridgehead atoms. The summed E-state index contributed by atoms with van der Waals surface area (Å²) in [4.78, 5) is 24.1. The topological polar surface area (TPSA) is 58.1 Å². The van der Waals surface area contributed by atoms with E-state index in [2.05, 4.69) is 22.3 Å². The van der Waals surface area contributed by atoms with Crippen molar-refractivity contribution in [2.45, 2.75) is 58.3 Å². The summed E-state index contributed by atoms with van der Waals surface area (Å²) >= 11 is 0. The molecule has 1 aromatic heterocycles. The summed E-state index contributed by atoms with van der Waals surface area (Å²) < 4.78 is 0. The molecule has 2 aromatic carbocycles. The number of carbonyl (C=O) groups is 1. The zero-order chi connectivity index (χ0) is 23.9. The highest BCUT2D eigenvalue weighted by atomic mass is 16.1. The van der Waals surface area contributed by atoms with Crippen molar-refractivity contribution in [1.29, 1.82) is 0 Å². The number of nitrogens with one attached hydrogen (secondary N) is 1. The monoisotopic (exact) mass is 458 g/mol. The summed E-state index contributed by atoms with van der Waals surface area (Å²) in [7, 11) is 4.09. The van der Waals surface area contributed by atoms with Crippen molar-refractivity contribution in [3.05, 3.63) is 65.5 Å². The van der Waals surface area contributed by atoms with E-state index in [-0.39, 0.29) is 5.91 Å². The van der Waals surface area contributed by atoms with E-state index in [4.69, 9.17) is 9.97 Å². The standard InChI is InChI=1S/C29H38N4O/c1-21-12-18-24(19-13-21)29(34)30-20-23-16-14-22(15-17-23)8-4-7-11-27-31-26-10-6-5-9-25(26)28(32-27)33(2)3/h5-6,9-10,12-13,18-19,22-23H,4,7-8,11,14-17,20H2,1-3H3,(H,30,34). The molecule has 1 fully saturated rings. The largest absolute Gasteiger partial charge is 0.362 e. The van der Waals surface area contributed by atoms with Crippen molar-refractivity contribution in [2.75, 3.05) is 25.5 Å². The SMILES string of the molecule is Cc1ccc(C(=O)NCC2CCC(CCCCc3nc(N(C)C)c4ccccc4n3)CC2)cc1. The molecule has 1 heterocycles. The van der Waals surface area contributed by atoms with Gasteiger partial charge in [-0.2, -0.15) is 0 Å². The van der Waals surface area contributed by atoms with Crippen LogP contribution in [0.25, 0.3) is 10.9 Å². The molecule has 4 rings (SSSR count). The number of carbonyl (C=O) groups excluding carboxylic acids is 1. The number of unbranched alkanes of at least 4 members (excludes halogenated alkanes) is 1. The van der Waals surface area contributed by atoms with Crippen LogP contribution < -0.4 is 10.2 Å². The minimum absolute atomic E-state index is 0.0513. The lowest BCUT2D eigenvalue weighted by atomic mass is 9.79. The Hall–Kier alpha value is -2.95. The molecule has 1 aliphatic rings. The van der Waals surface area contributed by atoms with Crippen LogP contribution in [0.5, 0.6) is 0 Å². The van der Waals surface area contributed by atoms with Crippen LogP contribution in [0.4, 0.5) is 5.82 Å². The highest BCUT2D eigenvalue weighted by Gasteiger charge is 2.21. The normalized spacial score (nSPS) is 18.1. The molecule has 34 heavy (non-hydrogen) atoms. The maximum absolute atomic E-state index is 12.4. The number of aryl methyl sites for hydroxylation is 2. The van der Waals surface area contributed by atoms with Crippen molar-refractivity contribution in [1.82, 2.24) is 15.3 Å². The molecule has 1 N–H and O–H groups in total. The Bertz CT molecular complexity index is 1080. The molecule has 0 spiro atoms. The van der Waals surface area contributed by atoms with Gasteiger partial charge >= 0.3 is 0 Å². The number of hydrogen-bond donors (Lipinski definition) is 1. The van der Waals surface area contributed by atoms with E-state index < -0.39 is 0 Å². The molecule has 5 nitrogen and oxygen atoms in total. The Kier molecular flexibility index (Phi) is 8.15. The lowest BCUT2D eigenvalue weighted by Gasteiger charge is -2.28. The average Bonchev–Trinajstić information content (AvgIpc) is 2.85. The van der Waals surface area contributed by atoms with E-state index in [0.717, 1.165) is 53.4 Å². The third-order valence-corrected chi connectivity index (χ3v) is 7.15. The highest BCUT2D eigenvalue weighted by Crippen LogP contribution is 2.32. The van der Waals surface area contributed by atoms with Gasteiger partial charge in [0.15, 0.2) is 0 Å². The third kappa shape index (κ3) is 6.34. The van der Waals surface area contributed by atoms with Gasteiger partial charge in [-0.25, -0.2) is 9.97 Å². The number of amides is 1. The lowest BCUT2D eigenvalue weighted by Crippen LogP contribution is -2.31. The molecule has 180 valence electrons. The first-order valence-corrected chi connectivity index (χ1v) is 12.8. The van der Waals surface area contributed by atoms with Gasteiger partial charge in [0, 0.05) is 38.0 Å². The van der Waals surface area contributed by atoms with E-state index in [0.29, 0.717) is 5.92 Å². The van der Waals surface area contributed by atoms with Crippen molar-refractivity contribution in [2.24, 2.45) is 11.8 Å². The fourth-order valence-electron chi connectivity index (χ4n) is 5.04. The smallest absolute Gasteiger partial charge is 0.251 e. The fraction of sp³-hybridized carbons (Fsp3) is 0.483. The number of anilines is 1. The van der Waals surface area contributed by atoms with Gasteiger partial charge in [-0.05, 0) is 62.3 Å². The number of nitrogens with zero attached hydrogens (tertiary/aromatic N) is 3. The molecule has 0 saturated heterocycles. The van der Waals surface area contributed by atoms with Crippen molar-refractivity contribution in [3.8, 4) is 0 Å². The predicted molar refractivity (Wildman–Crippen MR) is 140 cm³/mol. The van der Waals surface area contributed by atoms with E-state index >= 15 is 0 Å². The van der Waals surface area contributed by atoms with E-state index in [1.807, 2.05) is 57.4 Å². The second kappa shape index (κ2) is 11.5.